The van der Waals surface area contributed by atoms with E-state index in [9.17, 15) is 9.18 Å². The first-order valence-electron chi connectivity index (χ1n) is 7.91. The number of anilines is 1. The third-order valence-corrected chi connectivity index (χ3v) is 3.95. The van der Waals surface area contributed by atoms with Crippen molar-refractivity contribution in [2.75, 3.05) is 5.32 Å². The van der Waals surface area contributed by atoms with E-state index in [1.807, 2.05) is 13.0 Å². The number of benzene rings is 2. The van der Waals surface area contributed by atoms with Gasteiger partial charge in [-0.05, 0) is 55.3 Å². The zero-order valence-corrected chi connectivity index (χ0v) is 15.4. The summed E-state index contributed by atoms with van der Waals surface area (Å²) < 4.78 is 18.8. The van der Waals surface area contributed by atoms with E-state index in [-0.39, 0.29) is 42.7 Å². The van der Waals surface area contributed by atoms with Crippen LogP contribution in [0.2, 0.25) is 0 Å². The fourth-order valence-electron chi connectivity index (χ4n) is 2.14. The molecule has 2 aromatic rings. The number of carbonyl (C=O) groups excluding carboxylic acids is 1. The maximum absolute atomic E-state index is 13.1. The average Bonchev–Trinajstić information content (AvgIpc) is 2.54. The molecule has 0 saturated heterocycles. The number of halogens is 2. The predicted molar refractivity (Wildman–Crippen MR) is 101 cm³/mol. The summed E-state index contributed by atoms with van der Waals surface area (Å²) in [7, 11) is 0. The van der Waals surface area contributed by atoms with Crippen molar-refractivity contribution in [3.63, 3.8) is 0 Å². The van der Waals surface area contributed by atoms with Crippen molar-refractivity contribution < 1.29 is 13.9 Å². The van der Waals surface area contributed by atoms with Crippen LogP contribution in [0.1, 0.15) is 25.0 Å². The molecule has 0 bridgehead atoms. The topological polar surface area (TPSA) is 64.3 Å². The van der Waals surface area contributed by atoms with E-state index in [4.69, 9.17) is 10.5 Å². The molecule has 2 unspecified atom stereocenters. The molecular formula is C19H24ClFN2O2. The predicted octanol–water partition coefficient (Wildman–Crippen LogP) is 4.06. The second-order valence-electron chi connectivity index (χ2n) is 6.03. The van der Waals surface area contributed by atoms with E-state index < -0.39 is 0 Å². The minimum absolute atomic E-state index is 0. The summed E-state index contributed by atoms with van der Waals surface area (Å²) in [5, 5.41) is 2.88. The van der Waals surface area contributed by atoms with Crippen molar-refractivity contribution in [3.05, 3.63) is 59.4 Å². The highest BCUT2D eigenvalue weighted by atomic mass is 35.5. The summed E-state index contributed by atoms with van der Waals surface area (Å²) in [6, 6.07) is 11.5. The quantitative estimate of drug-likeness (QED) is 0.810. The molecule has 0 spiro atoms. The van der Waals surface area contributed by atoms with Gasteiger partial charge in [0.15, 0.2) is 0 Å². The number of carbonyl (C=O) groups is 1. The van der Waals surface area contributed by atoms with Crippen molar-refractivity contribution in [3.8, 4) is 5.75 Å². The van der Waals surface area contributed by atoms with Crippen LogP contribution < -0.4 is 15.8 Å². The zero-order chi connectivity index (χ0) is 17.7. The van der Waals surface area contributed by atoms with Crippen LogP contribution in [0.25, 0.3) is 0 Å². The molecule has 136 valence electrons. The van der Waals surface area contributed by atoms with Gasteiger partial charge in [0, 0.05) is 11.7 Å². The SMILES string of the molecule is Cc1cc(OCc2cccc(F)c2)ccc1NC(=O)C(C)C(C)N.Cl. The van der Waals surface area contributed by atoms with E-state index in [1.165, 1.54) is 12.1 Å². The van der Waals surface area contributed by atoms with Gasteiger partial charge in [-0.1, -0.05) is 19.1 Å². The van der Waals surface area contributed by atoms with Gasteiger partial charge >= 0.3 is 0 Å². The Hall–Kier alpha value is -2.11. The summed E-state index contributed by atoms with van der Waals surface area (Å²) in [5.41, 5.74) is 8.12. The van der Waals surface area contributed by atoms with Crippen LogP contribution in [0, 0.1) is 18.7 Å². The highest BCUT2D eigenvalue weighted by Gasteiger charge is 2.17. The Labute approximate surface area is 154 Å². The van der Waals surface area contributed by atoms with Crippen LogP contribution in [-0.2, 0) is 11.4 Å². The standard InChI is InChI=1S/C19H23FN2O2.ClH/c1-12-9-17(24-11-15-5-4-6-16(20)10-15)7-8-18(12)22-19(23)13(2)14(3)21;/h4-10,13-14H,11,21H2,1-3H3,(H,22,23);1H. The van der Waals surface area contributed by atoms with E-state index in [0.717, 1.165) is 16.8 Å². The smallest absolute Gasteiger partial charge is 0.228 e. The van der Waals surface area contributed by atoms with Crippen molar-refractivity contribution in [2.24, 2.45) is 11.7 Å². The van der Waals surface area contributed by atoms with Crippen LogP contribution in [0.3, 0.4) is 0 Å². The lowest BCUT2D eigenvalue weighted by atomic mass is 10.0. The molecule has 0 heterocycles. The molecule has 25 heavy (non-hydrogen) atoms. The van der Waals surface area contributed by atoms with Gasteiger partial charge in [0.25, 0.3) is 0 Å². The Morgan fingerprint density at radius 2 is 1.96 bits per heavy atom. The lowest BCUT2D eigenvalue weighted by Crippen LogP contribution is -2.34. The molecule has 2 rings (SSSR count). The van der Waals surface area contributed by atoms with Gasteiger partial charge in [-0.15, -0.1) is 12.4 Å². The van der Waals surface area contributed by atoms with E-state index in [1.54, 1.807) is 38.1 Å². The molecule has 0 aliphatic rings. The molecule has 2 aromatic carbocycles. The average molecular weight is 367 g/mol. The largest absolute Gasteiger partial charge is 0.489 e. The lowest BCUT2D eigenvalue weighted by molar-refractivity contribution is -0.119. The third kappa shape index (κ3) is 6.03. The fraction of sp³-hybridized carbons (Fsp3) is 0.316. The molecular weight excluding hydrogens is 343 g/mol. The highest BCUT2D eigenvalue weighted by molar-refractivity contribution is 5.93. The van der Waals surface area contributed by atoms with Crippen LogP contribution in [-0.4, -0.2) is 11.9 Å². The normalized spacial score (nSPS) is 12.7. The summed E-state index contributed by atoms with van der Waals surface area (Å²) >= 11 is 0. The van der Waals surface area contributed by atoms with E-state index in [0.29, 0.717) is 5.75 Å². The summed E-state index contributed by atoms with van der Waals surface area (Å²) in [4.78, 5) is 12.1. The van der Waals surface area contributed by atoms with Crippen LogP contribution in [0.5, 0.6) is 5.75 Å². The fourth-order valence-corrected chi connectivity index (χ4v) is 2.14. The number of aryl methyl sites for hydroxylation is 1. The van der Waals surface area contributed by atoms with Gasteiger partial charge in [-0.25, -0.2) is 4.39 Å². The minimum Gasteiger partial charge on any atom is -0.489 e. The Morgan fingerprint density at radius 1 is 1.24 bits per heavy atom. The molecule has 2 atom stereocenters. The summed E-state index contributed by atoms with van der Waals surface area (Å²) in [6.07, 6.45) is 0. The number of hydrogen-bond acceptors (Lipinski definition) is 3. The van der Waals surface area contributed by atoms with Crippen molar-refractivity contribution in [1.82, 2.24) is 0 Å². The first-order valence-corrected chi connectivity index (χ1v) is 7.91. The van der Waals surface area contributed by atoms with Gasteiger partial charge in [-0.2, -0.15) is 0 Å². The van der Waals surface area contributed by atoms with Crippen molar-refractivity contribution >= 4 is 24.0 Å². The van der Waals surface area contributed by atoms with E-state index >= 15 is 0 Å². The maximum atomic E-state index is 13.1. The molecule has 0 fully saturated rings. The molecule has 6 heteroatoms. The lowest BCUT2D eigenvalue weighted by Gasteiger charge is -2.17. The molecule has 0 aliphatic heterocycles. The Morgan fingerprint density at radius 3 is 2.56 bits per heavy atom. The minimum atomic E-state index is -0.284. The molecule has 0 aliphatic carbocycles. The number of amides is 1. The van der Waals surface area contributed by atoms with Gasteiger partial charge in [0.1, 0.15) is 18.2 Å². The molecule has 0 aromatic heterocycles. The number of rotatable bonds is 6. The van der Waals surface area contributed by atoms with Gasteiger partial charge in [0.2, 0.25) is 5.91 Å². The van der Waals surface area contributed by atoms with Crippen LogP contribution >= 0.6 is 12.4 Å². The summed E-state index contributed by atoms with van der Waals surface area (Å²) in [6.45, 7) is 5.78. The molecule has 4 nitrogen and oxygen atoms in total. The Balaban J connectivity index is 0.00000312. The van der Waals surface area contributed by atoms with Crippen LogP contribution in [0.15, 0.2) is 42.5 Å². The monoisotopic (exact) mass is 366 g/mol. The molecule has 3 N–H and O–H groups in total. The second-order valence-corrected chi connectivity index (χ2v) is 6.03. The van der Waals surface area contributed by atoms with Gasteiger partial charge in [0.05, 0.1) is 5.92 Å². The maximum Gasteiger partial charge on any atom is 0.228 e. The van der Waals surface area contributed by atoms with Crippen molar-refractivity contribution in [2.45, 2.75) is 33.4 Å². The van der Waals surface area contributed by atoms with E-state index in [2.05, 4.69) is 5.32 Å². The summed E-state index contributed by atoms with van der Waals surface area (Å²) in [5.74, 6) is -0.00146. The third-order valence-electron chi connectivity index (χ3n) is 3.95. The Kier molecular flexibility index (Phi) is 7.87. The number of nitrogens with one attached hydrogen (secondary N) is 1. The second kappa shape index (κ2) is 9.39. The zero-order valence-electron chi connectivity index (χ0n) is 14.6. The number of nitrogens with two attached hydrogens (primary N) is 1. The first kappa shape index (κ1) is 20.9. The molecule has 0 saturated carbocycles. The molecule has 0 radical (unpaired) electrons. The first-order chi connectivity index (χ1) is 11.4. The highest BCUT2D eigenvalue weighted by Crippen LogP contribution is 2.23. The number of hydrogen-bond donors (Lipinski definition) is 2. The molecule has 1 amide bonds. The Bertz CT molecular complexity index is 722. The van der Waals surface area contributed by atoms with Crippen LogP contribution in [0.4, 0.5) is 10.1 Å². The number of ether oxygens (including phenoxy) is 1. The van der Waals surface area contributed by atoms with Crippen molar-refractivity contribution in [1.29, 1.82) is 0 Å². The van der Waals surface area contributed by atoms with Gasteiger partial charge < -0.3 is 15.8 Å². The van der Waals surface area contributed by atoms with Gasteiger partial charge in [-0.3, -0.25) is 4.79 Å².